The zero-order chi connectivity index (χ0) is 13.1. The Balaban J connectivity index is 1.70. The van der Waals surface area contributed by atoms with Gasteiger partial charge in [-0.2, -0.15) is 5.10 Å². The zero-order valence-electron chi connectivity index (χ0n) is 11.1. The van der Waals surface area contributed by atoms with Crippen molar-refractivity contribution >= 4 is 0 Å². The van der Waals surface area contributed by atoms with E-state index in [2.05, 4.69) is 30.4 Å². The SMILES string of the molecule is Cc1cn(CCC2OCCO2)nc1-c1ccccc1. The fourth-order valence-electron chi connectivity index (χ4n) is 2.33. The van der Waals surface area contributed by atoms with Crippen molar-refractivity contribution in [3.05, 3.63) is 42.1 Å². The normalized spacial score (nSPS) is 16.1. The first-order valence-electron chi connectivity index (χ1n) is 6.65. The molecule has 1 aromatic heterocycles. The van der Waals surface area contributed by atoms with Crippen LogP contribution in [-0.4, -0.2) is 29.3 Å². The highest BCUT2D eigenvalue weighted by atomic mass is 16.7. The summed E-state index contributed by atoms with van der Waals surface area (Å²) in [4.78, 5) is 0. The van der Waals surface area contributed by atoms with Gasteiger partial charge in [0.15, 0.2) is 6.29 Å². The molecule has 0 unspecified atom stereocenters. The Morgan fingerprint density at radius 3 is 2.68 bits per heavy atom. The monoisotopic (exact) mass is 258 g/mol. The molecule has 0 spiro atoms. The smallest absolute Gasteiger partial charge is 0.159 e. The number of rotatable bonds is 4. The molecular formula is C15H18N2O2. The van der Waals surface area contributed by atoms with Crippen molar-refractivity contribution in [2.75, 3.05) is 13.2 Å². The van der Waals surface area contributed by atoms with Gasteiger partial charge in [-0.15, -0.1) is 0 Å². The van der Waals surface area contributed by atoms with Gasteiger partial charge in [0, 0.05) is 24.7 Å². The van der Waals surface area contributed by atoms with E-state index in [9.17, 15) is 0 Å². The Labute approximate surface area is 113 Å². The van der Waals surface area contributed by atoms with Gasteiger partial charge in [-0.25, -0.2) is 0 Å². The third-order valence-electron chi connectivity index (χ3n) is 3.28. The fraction of sp³-hybridized carbons (Fsp3) is 0.400. The van der Waals surface area contributed by atoms with E-state index in [1.54, 1.807) is 0 Å². The van der Waals surface area contributed by atoms with Gasteiger partial charge in [0.1, 0.15) is 0 Å². The van der Waals surface area contributed by atoms with Crippen LogP contribution in [0.3, 0.4) is 0 Å². The Morgan fingerprint density at radius 1 is 1.21 bits per heavy atom. The lowest BCUT2D eigenvalue weighted by Crippen LogP contribution is -2.12. The van der Waals surface area contributed by atoms with Crippen LogP contribution in [0.15, 0.2) is 36.5 Å². The molecule has 1 aliphatic rings. The maximum Gasteiger partial charge on any atom is 0.159 e. The maximum absolute atomic E-state index is 5.43. The minimum absolute atomic E-state index is 0.0651. The highest BCUT2D eigenvalue weighted by Crippen LogP contribution is 2.21. The van der Waals surface area contributed by atoms with Gasteiger partial charge in [0.25, 0.3) is 0 Å². The lowest BCUT2D eigenvalue weighted by molar-refractivity contribution is -0.0495. The number of aryl methyl sites for hydroxylation is 2. The maximum atomic E-state index is 5.43. The van der Waals surface area contributed by atoms with Crippen molar-refractivity contribution < 1.29 is 9.47 Å². The molecule has 4 heteroatoms. The van der Waals surface area contributed by atoms with E-state index in [4.69, 9.17) is 9.47 Å². The van der Waals surface area contributed by atoms with Crippen molar-refractivity contribution in [2.45, 2.75) is 26.2 Å². The first-order chi connectivity index (χ1) is 9.33. The van der Waals surface area contributed by atoms with E-state index in [0.29, 0.717) is 13.2 Å². The van der Waals surface area contributed by atoms with Gasteiger partial charge in [-0.1, -0.05) is 30.3 Å². The van der Waals surface area contributed by atoms with E-state index >= 15 is 0 Å². The molecule has 4 nitrogen and oxygen atoms in total. The van der Waals surface area contributed by atoms with E-state index < -0.39 is 0 Å². The Kier molecular flexibility index (Phi) is 3.62. The second kappa shape index (κ2) is 5.55. The average Bonchev–Trinajstić information content (AvgIpc) is 3.07. The Morgan fingerprint density at radius 2 is 1.95 bits per heavy atom. The molecule has 1 saturated heterocycles. The molecular weight excluding hydrogens is 240 g/mol. The molecule has 0 N–H and O–H groups in total. The minimum Gasteiger partial charge on any atom is -0.350 e. The largest absolute Gasteiger partial charge is 0.350 e. The average molecular weight is 258 g/mol. The number of hydrogen-bond acceptors (Lipinski definition) is 3. The van der Waals surface area contributed by atoms with Gasteiger partial charge in [0.05, 0.1) is 18.9 Å². The van der Waals surface area contributed by atoms with Crippen molar-refractivity contribution in [1.29, 1.82) is 0 Å². The molecule has 1 fully saturated rings. The highest BCUT2D eigenvalue weighted by Gasteiger charge is 2.16. The Hall–Kier alpha value is -1.65. The molecule has 2 heterocycles. The molecule has 1 aromatic carbocycles. The number of hydrogen-bond donors (Lipinski definition) is 0. The first kappa shape index (κ1) is 12.4. The van der Waals surface area contributed by atoms with Gasteiger partial charge in [-0.3, -0.25) is 4.68 Å². The summed E-state index contributed by atoms with van der Waals surface area (Å²) in [7, 11) is 0. The van der Waals surface area contributed by atoms with Crippen LogP contribution in [0.5, 0.6) is 0 Å². The molecule has 0 amide bonds. The number of aromatic nitrogens is 2. The summed E-state index contributed by atoms with van der Waals surface area (Å²) in [6.45, 7) is 4.32. The molecule has 0 atom stereocenters. The predicted molar refractivity (Wildman–Crippen MR) is 72.7 cm³/mol. The molecule has 0 saturated carbocycles. The van der Waals surface area contributed by atoms with E-state index in [1.807, 2.05) is 22.9 Å². The summed E-state index contributed by atoms with van der Waals surface area (Å²) in [6.07, 6.45) is 2.86. The third kappa shape index (κ3) is 2.85. The predicted octanol–water partition coefficient (Wildman–Crippen LogP) is 2.62. The minimum atomic E-state index is -0.0651. The fourth-order valence-corrected chi connectivity index (χ4v) is 2.33. The van der Waals surface area contributed by atoms with Gasteiger partial charge in [-0.05, 0) is 12.5 Å². The summed E-state index contributed by atoms with van der Waals surface area (Å²) in [5.74, 6) is 0. The van der Waals surface area contributed by atoms with Gasteiger partial charge >= 0.3 is 0 Å². The van der Waals surface area contributed by atoms with E-state index in [0.717, 1.165) is 24.2 Å². The second-order valence-electron chi connectivity index (χ2n) is 4.75. The number of benzene rings is 1. The lowest BCUT2D eigenvalue weighted by atomic mass is 10.1. The Bertz CT molecular complexity index is 530. The molecule has 100 valence electrons. The molecule has 0 radical (unpaired) electrons. The second-order valence-corrected chi connectivity index (χ2v) is 4.75. The van der Waals surface area contributed by atoms with Crippen LogP contribution in [-0.2, 0) is 16.0 Å². The summed E-state index contributed by atoms with van der Waals surface area (Å²) in [5.41, 5.74) is 3.40. The van der Waals surface area contributed by atoms with Crippen LogP contribution >= 0.6 is 0 Å². The topological polar surface area (TPSA) is 36.3 Å². The lowest BCUT2D eigenvalue weighted by Gasteiger charge is -2.08. The van der Waals surface area contributed by atoms with Crippen LogP contribution in [0, 0.1) is 6.92 Å². The van der Waals surface area contributed by atoms with Crippen LogP contribution < -0.4 is 0 Å². The van der Waals surface area contributed by atoms with E-state index in [1.165, 1.54) is 5.56 Å². The molecule has 0 aliphatic carbocycles. The molecule has 0 bridgehead atoms. The van der Waals surface area contributed by atoms with Gasteiger partial charge in [0.2, 0.25) is 0 Å². The first-order valence-corrected chi connectivity index (χ1v) is 6.65. The molecule has 1 aliphatic heterocycles. The van der Waals surface area contributed by atoms with Crippen molar-refractivity contribution in [1.82, 2.24) is 9.78 Å². The standard InChI is InChI=1S/C15H18N2O2/c1-12-11-17(8-7-14-18-9-10-19-14)16-15(12)13-5-3-2-4-6-13/h2-6,11,14H,7-10H2,1H3. The van der Waals surface area contributed by atoms with Crippen molar-refractivity contribution in [3.63, 3.8) is 0 Å². The number of ether oxygens (including phenoxy) is 2. The van der Waals surface area contributed by atoms with E-state index in [-0.39, 0.29) is 6.29 Å². The van der Waals surface area contributed by atoms with Crippen molar-refractivity contribution in [2.24, 2.45) is 0 Å². The summed E-state index contributed by atoms with van der Waals surface area (Å²) >= 11 is 0. The quantitative estimate of drug-likeness (QED) is 0.845. The molecule has 2 aromatic rings. The summed E-state index contributed by atoms with van der Waals surface area (Å²) in [6, 6.07) is 10.3. The highest BCUT2D eigenvalue weighted by molar-refractivity contribution is 5.61. The van der Waals surface area contributed by atoms with Crippen LogP contribution in [0.4, 0.5) is 0 Å². The van der Waals surface area contributed by atoms with Crippen LogP contribution in [0.2, 0.25) is 0 Å². The van der Waals surface area contributed by atoms with Crippen LogP contribution in [0.1, 0.15) is 12.0 Å². The molecule has 3 rings (SSSR count). The summed E-state index contributed by atoms with van der Waals surface area (Å²) in [5, 5.41) is 4.65. The van der Waals surface area contributed by atoms with Gasteiger partial charge < -0.3 is 9.47 Å². The van der Waals surface area contributed by atoms with Crippen molar-refractivity contribution in [3.8, 4) is 11.3 Å². The summed E-state index contributed by atoms with van der Waals surface area (Å²) < 4.78 is 12.8. The zero-order valence-corrected chi connectivity index (χ0v) is 11.1. The molecule has 19 heavy (non-hydrogen) atoms. The third-order valence-corrected chi connectivity index (χ3v) is 3.28. The number of nitrogens with zero attached hydrogens (tertiary/aromatic N) is 2. The van der Waals surface area contributed by atoms with Crippen LogP contribution in [0.25, 0.3) is 11.3 Å².